The third kappa shape index (κ3) is 4.12. The lowest BCUT2D eigenvalue weighted by atomic mass is 10.2. The number of pyridine rings is 1. The minimum Gasteiger partial charge on any atom is -0.488 e. The molecule has 1 aromatic heterocycles. The molecule has 0 unspecified atom stereocenters. The van der Waals surface area contributed by atoms with Gasteiger partial charge in [-0.3, -0.25) is 4.79 Å². The van der Waals surface area contributed by atoms with E-state index in [-0.39, 0.29) is 5.56 Å². The molecule has 0 aliphatic rings. The van der Waals surface area contributed by atoms with Crippen LogP contribution in [0.15, 0.2) is 35.1 Å². The van der Waals surface area contributed by atoms with Gasteiger partial charge in [0.2, 0.25) is 0 Å². The molecule has 0 radical (unpaired) electrons. The number of nitrogens with zero attached hydrogens (tertiary/aromatic N) is 1. The molecule has 120 valence electrons. The van der Waals surface area contributed by atoms with Gasteiger partial charge in [-0.2, -0.15) is 0 Å². The molecular weight excluding hydrogens is 274 g/mol. The Morgan fingerprint density at radius 1 is 1.00 bits per heavy atom. The number of benzene rings is 1. The van der Waals surface area contributed by atoms with E-state index in [1.807, 2.05) is 34.9 Å². The largest absolute Gasteiger partial charge is 0.488 e. The number of aryl methyl sites for hydroxylation is 1. The van der Waals surface area contributed by atoms with E-state index in [9.17, 15) is 4.79 Å². The van der Waals surface area contributed by atoms with Crippen LogP contribution in [0.5, 0.6) is 5.75 Å². The number of hydrogen-bond donors (Lipinski definition) is 0. The first-order chi connectivity index (χ1) is 10.8. The molecule has 3 heteroatoms. The molecule has 0 amide bonds. The van der Waals surface area contributed by atoms with Gasteiger partial charge in [-0.05, 0) is 25.0 Å². The Kier molecular flexibility index (Phi) is 6.50. The van der Waals surface area contributed by atoms with Crippen molar-refractivity contribution in [1.82, 2.24) is 4.57 Å². The fraction of sp³-hybridized carbons (Fsp3) is 0.526. The zero-order valence-electron chi connectivity index (χ0n) is 13.8. The van der Waals surface area contributed by atoms with Crippen molar-refractivity contribution in [3.8, 4) is 5.75 Å². The number of ether oxygens (including phenoxy) is 1. The van der Waals surface area contributed by atoms with Crippen molar-refractivity contribution < 1.29 is 4.74 Å². The fourth-order valence-electron chi connectivity index (χ4n) is 2.65. The van der Waals surface area contributed by atoms with Gasteiger partial charge in [-0.25, -0.2) is 0 Å². The van der Waals surface area contributed by atoms with E-state index >= 15 is 0 Å². The third-order valence-electron chi connectivity index (χ3n) is 3.96. The monoisotopic (exact) mass is 301 g/mol. The first kappa shape index (κ1) is 16.6. The predicted molar refractivity (Wildman–Crippen MR) is 92.8 cm³/mol. The Morgan fingerprint density at radius 3 is 2.55 bits per heavy atom. The standard InChI is InChI=1S/C19H27NO2/c1-3-5-7-10-14-22-18-15-16-11-8-9-12-17(16)20(19(18)21)13-6-4-2/h8-9,11-12,15H,3-7,10,13-14H2,1-2H3. The Morgan fingerprint density at radius 2 is 1.77 bits per heavy atom. The zero-order valence-corrected chi connectivity index (χ0v) is 13.8. The molecular formula is C19H27NO2. The Labute approximate surface area is 132 Å². The Balaban J connectivity index is 2.22. The number of rotatable bonds is 9. The molecule has 0 N–H and O–H groups in total. The summed E-state index contributed by atoms with van der Waals surface area (Å²) < 4.78 is 7.64. The SMILES string of the molecule is CCCCCCOc1cc2ccccc2n(CCCC)c1=O. The number of hydrogen-bond acceptors (Lipinski definition) is 2. The number of para-hydroxylation sites is 1. The van der Waals surface area contributed by atoms with Crippen molar-refractivity contribution in [3.05, 3.63) is 40.7 Å². The molecule has 0 aliphatic heterocycles. The van der Waals surface area contributed by atoms with E-state index in [4.69, 9.17) is 4.74 Å². The van der Waals surface area contributed by atoms with E-state index < -0.39 is 0 Å². The van der Waals surface area contributed by atoms with Crippen molar-refractivity contribution in [2.75, 3.05) is 6.61 Å². The lowest BCUT2D eigenvalue weighted by molar-refractivity contribution is 0.299. The van der Waals surface area contributed by atoms with E-state index in [1.54, 1.807) is 0 Å². The lowest BCUT2D eigenvalue weighted by Gasteiger charge is -2.13. The highest BCUT2D eigenvalue weighted by Crippen LogP contribution is 2.18. The van der Waals surface area contributed by atoms with Crippen LogP contribution >= 0.6 is 0 Å². The van der Waals surface area contributed by atoms with Gasteiger partial charge in [0.1, 0.15) is 0 Å². The normalized spacial score (nSPS) is 11.0. The summed E-state index contributed by atoms with van der Waals surface area (Å²) in [5.74, 6) is 0.492. The average molecular weight is 301 g/mol. The van der Waals surface area contributed by atoms with Crippen molar-refractivity contribution in [2.45, 2.75) is 58.9 Å². The summed E-state index contributed by atoms with van der Waals surface area (Å²) in [6.45, 7) is 5.71. The van der Waals surface area contributed by atoms with E-state index in [0.29, 0.717) is 12.4 Å². The van der Waals surface area contributed by atoms with Crippen molar-refractivity contribution in [1.29, 1.82) is 0 Å². The highest BCUT2D eigenvalue weighted by molar-refractivity contribution is 5.80. The quantitative estimate of drug-likeness (QED) is 0.625. The molecule has 0 saturated carbocycles. The highest BCUT2D eigenvalue weighted by Gasteiger charge is 2.09. The second kappa shape index (κ2) is 8.62. The summed E-state index contributed by atoms with van der Waals surface area (Å²) in [5, 5.41) is 1.07. The molecule has 2 aromatic rings. The smallest absolute Gasteiger partial charge is 0.293 e. The molecule has 0 bridgehead atoms. The number of unbranched alkanes of at least 4 members (excludes halogenated alkanes) is 4. The summed E-state index contributed by atoms with van der Waals surface area (Å²) >= 11 is 0. The third-order valence-corrected chi connectivity index (χ3v) is 3.96. The summed E-state index contributed by atoms with van der Waals surface area (Å²) in [6, 6.07) is 9.93. The van der Waals surface area contributed by atoms with E-state index in [2.05, 4.69) is 13.8 Å². The van der Waals surface area contributed by atoms with Crippen LogP contribution in [0.2, 0.25) is 0 Å². The lowest BCUT2D eigenvalue weighted by Crippen LogP contribution is -2.22. The predicted octanol–water partition coefficient (Wildman–Crippen LogP) is 4.76. The van der Waals surface area contributed by atoms with Crippen LogP contribution in [0.3, 0.4) is 0 Å². The van der Waals surface area contributed by atoms with Crippen molar-refractivity contribution in [3.63, 3.8) is 0 Å². The van der Waals surface area contributed by atoms with Gasteiger partial charge < -0.3 is 9.30 Å². The second-order valence-corrected chi connectivity index (χ2v) is 5.79. The topological polar surface area (TPSA) is 31.2 Å². The summed E-state index contributed by atoms with van der Waals surface area (Å²) in [6.07, 6.45) is 6.68. The van der Waals surface area contributed by atoms with E-state index in [1.165, 1.54) is 12.8 Å². The van der Waals surface area contributed by atoms with Crippen LogP contribution in [-0.4, -0.2) is 11.2 Å². The molecule has 0 spiro atoms. The fourth-order valence-corrected chi connectivity index (χ4v) is 2.65. The van der Waals surface area contributed by atoms with Crippen molar-refractivity contribution >= 4 is 10.9 Å². The average Bonchev–Trinajstić information content (AvgIpc) is 2.54. The minimum absolute atomic E-state index is 0.00245. The van der Waals surface area contributed by atoms with Gasteiger partial charge in [-0.15, -0.1) is 0 Å². The highest BCUT2D eigenvalue weighted by atomic mass is 16.5. The van der Waals surface area contributed by atoms with Gasteiger partial charge in [0.15, 0.2) is 5.75 Å². The summed E-state index contributed by atoms with van der Waals surface area (Å²) in [7, 11) is 0. The molecule has 0 aliphatic carbocycles. The van der Waals surface area contributed by atoms with Crippen LogP contribution in [0.1, 0.15) is 52.4 Å². The maximum atomic E-state index is 12.6. The molecule has 1 aromatic carbocycles. The Bertz CT molecular complexity index is 645. The summed E-state index contributed by atoms with van der Waals surface area (Å²) in [4.78, 5) is 12.6. The molecule has 1 heterocycles. The first-order valence-electron chi connectivity index (χ1n) is 8.53. The maximum absolute atomic E-state index is 12.6. The van der Waals surface area contributed by atoms with Gasteiger partial charge in [0.05, 0.1) is 12.1 Å². The second-order valence-electron chi connectivity index (χ2n) is 5.79. The van der Waals surface area contributed by atoms with Crippen LogP contribution in [-0.2, 0) is 6.54 Å². The molecule has 3 nitrogen and oxygen atoms in total. The van der Waals surface area contributed by atoms with Gasteiger partial charge in [0.25, 0.3) is 5.56 Å². The minimum atomic E-state index is 0.00245. The molecule has 0 saturated heterocycles. The molecule has 2 rings (SSSR count). The maximum Gasteiger partial charge on any atom is 0.293 e. The molecule has 0 fully saturated rings. The van der Waals surface area contributed by atoms with Gasteiger partial charge in [-0.1, -0.05) is 57.7 Å². The van der Waals surface area contributed by atoms with Crippen LogP contribution < -0.4 is 10.3 Å². The number of fused-ring (bicyclic) bond motifs is 1. The molecule has 0 atom stereocenters. The van der Waals surface area contributed by atoms with Gasteiger partial charge >= 0.3 is 0 Å². The van der Waals surface area contributed by atoms with Crippen molar-refractivity contribution in [2.24, 2.45) is 0 Å². The van der Waals surface area contributed by atoms with Crippen LogP contribution in [0.25, 0.3) is 10.9 Å². The van der Waals surface area contributed by atoms with Crippen LogP contribution in [0.4, 0.5) is 0 Å². The van der Waals surface area contributed by atoms with E-state index in [0.717, 1.165) is 43.1 Å². The summed E-state index contributed by atoms with van der Waals surface area (Å²) in [5.41, 5.74) is 1.00. The zero-order chi connectivity index (χ0) is 15.8. The Hall–Kier alpha value is -1.77. The number of aromatic nitrogens is 1. The van der Waals surface area contributed by atoms with Gasteiger partial charge in [0, 0.05) is 11.9 Å². The first-order valence-corrected chi connectivity index (χ1v) is 8.53. The molecule has 22 heavy (non-hydrogen) atoms. The van der Waals surface area contributed by atoms with Crippen LogP contribution in [0, 0.1) is 0 Å².